The molecule has 3 rings (SSSR count). The number of aryl methyl sites for hydroxylation is 1. The molecule has 180 valence electrons. The summed E-state index contributed by atoms with van der Waals surface area (Å²) in [6.45, 7) is 4.28. The number of nitrogens with zero attached hydrogens (tertiary/aromatic N) is 4. The molecule has 2 aromatic heterocycles. The van der Waals surface area contributed by atoms with Gasteiger partial charge in [0, 0.05) is 43.0 Å². The molecule has 0 saturated heterocycles. The monoisotopic (exact) mass is 565 g/mol. The van der Waals surface area contributed by atoms with Gasteiger partial charge in [0.15, 0.2) is 5.03 Å². The fraction of sp³-hybridized carbons (Fsp3) is 0.238. The van der Waals surface area contributed by atoms with Crippen LogP contribution >= 0.6 is 15.9 Å². The molecule has 3 aromatic rings. The minimum atomic E-state index is -3.85. The first-order valence-electron chi connectivity index (χ1n) is 10.1. The van der Waals surface area contributed by atoms with Crippen molar-refractivity contribution in [1.82, 2.24) is 20.3 Å². The number of rotatable bonds is 9. The average molecular weight is 567 g/mol. The van der Waals surface area contributed by atoms with Crippen LogP contribution in [0.2, 0.25) is 0 Å². The molecule has 0 bridgehead atoms. The molecule has 0 radical (unpaired) electrons. The highest BCUT2D eigenvalue weighted by molar-refractivity contribution is 9.10. The van der Waals surface area contributed by atoms with Crippen LogP contribution in [0.25, 0.3) is 0 Å². The number of pyridine rings is 1. The van der Waals surface area contributed by atoms with Gasteiger partial charge in [-0.1, -0.05) is 16.8 Å². The number of nitrogens with one attached hydrogen (secondary N) is 3. The molecule has 10 nitrogen and oxygen atoms in total. The van der Waals surface area contributed by atoms with Gasteiger partial charge in [-0.15, -0.1) is 3.77 Å². The maximum absolute atomic E-state index is 12.5. The van der Waals surface area contributed by atoms with Gasteiger partial charge in [-0.05, 0) is 65.0 Å². The van der Waals surface area contributed by atoms with Gasteiger partial charge in [0.1, 0.15) is 5.82 Å². The Bertz CT molecular complexity index is 1300. The van der Waals surface area contributed by atoms with Crippen molar-refractivity contribution >= 4 is 60.0 Å². The normalized spacial score (nSPS) is 12.2. The average Bonchev–Trinajstić information content (AvgIpc) is 2.79. The molecule has 0 aliphatic carbocycles. The standard InChI is InChI=1S/C21H24BrN7O3S2/c1-14-4-9-19(25-12-14)34(31,32)29-33(3)17-7-5-16(6-8-17)27-21-26-13-18(22)20(28-21)24-11-10-23-15(2)30/h4-9,12-13H,10-11H2,1-3H3,(H,23,30)(H2,24,26,27,28). The second kappa shape index (κ2) is 11.5. The van der Waals surface area contributed by atoms with Crippen LogP contribution in [-0.2, 0) is 25.5 Å². The van der Waals surface area contributed by atoms with E-state index in [9.17, 15) is 13.2 Å². The quantitative estimate of drug-likeness (QED) is 0.335. The molecule has 0 aliphatic rings. The van der Waals surface area contributed by atoms with Crippen LogP contribution in [0.5, 0.6) is 0 Å². The number of anilines is 3. The molecular formula is C21H24BrN7O3S2. The summed E-state index contributed by atoms with van der Waals surface area (Å²) in [6.07, 6.45) is 4.87. The van der Waals surface area contributed by atoms with E-state index in [-0.39, 0.29) is 10.9 Å². The van der Waals surface area contributed by atoms with Crippen LogP contribution in [0.15, 0.2) is 67.0 Å². The van der Waals surface area contributed by atoms with E-state index >= 15 is 0 Å². The van der Waals surface area contributed by atoms with E-state index in [1.165, 1.54) is 19.2 Å². The summed E-state index contributed by atoms with van der Waals surface area (Å²) in [5.74, 6) is 0.871. The fourth-order valence-electron chi connectivity index (χ4n) is 2.67. The Kier molecular flexibility index (Phi) is 8.69. The lowest BCUT2D eigenvalue weighted by Crippen LogP contribution is -2.26. The number of aromatic nitrogens is 3. The number of hydrogen-bond donors (Lipinski definition) is 3. The van der Waals surface area contributed by atoms with E-state index in [0.717, 1.165) is 16.1 Å². The van der Waals surface area contributed by atoms with Gasteiger partial charge in [0.2, 0.25) is 11.9 Å². The Morgan fingerprint density at radius 3 is 2.47 bits per heavy atom. The van der Waals surface area contributed by atoms with Gasteiger partial charge in [-0.25, -0.2) is 9.97 Å². The lowest BCUT2D eigenvalue weighted by molar-refractivity contribution is -0.118. The van der Waals surface area contributed by atoms with Gasteiger partial charge >= 0.3 is 10.0 Å². The molecule has 0 spiro atoms. The molecular weight excluding hydrogens is 542 g/mol. The van der Waals surface area contributed by atoms with Gasteiger partial charge < -0.3 is 16.0 Å². The highest BCUT2D eigenvalue weighted by atomic mass is 79.9. The van der Waals surface area contributed by atoms with E-state index in [2.05, 4.69) is 50.6 Å². The van der Waals surface area contributed by atoms with E-state index in [4.69, 9.17) is 0 Å². The van der Waals surface area contributed by atoms with Gasteiger partial charge in [-0.3, -0.25) is 4.79 Å². The van der Waals surface area contributed by atoms with E-state index in [1.54, 1.807) is 42.8 Å². The lowest BCUT2D eigenvalue weighted by Gasteiger charge is -2.11. The second-order valence-electron chi connectivity index (χ2n) is 7.15. The third-order valence-corrected chi connectivity index (χ3v) is 8.33. The third kappa shape index (κ3) is 7.30. The Morgan fingerprint density at radius 1 is 1.09 bits per heavy atom. The SMILES string of the molecule is CC(=O)NCCNc1nc(Nc2ccc(S(C)=NS(=O)(=O)c3ccc(C)cn3)cc2)ncc1Br. The Hall–Kier alpha value is -2.90. The maximum Gasteiger partial charge on any atom is 0.305 e. The number of hydrogen-bond acceptors (Lipinski definition) is 8. The Balaban J connectivity index is 1.68. The third-order valence-electron chi connectivity index (χ3n) is 4.35. The topological polar surface area (TPSA) is 138 Å². The number of benzene rings is 1. The minimum absolute atomic E-state index is 0.0652. The molecule has 13 heteroatoms. The summed E-state index contributed by atoms with van der Waals surface area (Å²) in [6, 6.07) is 10.4. The number of amides is 1. The Labute approximate surface area is 209 Å². The summed E-state index contributed by atoms with van der Waals surface area (Å²) in [4.78, 5) is 24.4. The molecule has 3 N–H and O–H groups in total. The first-order valence-corrected chi connectivity index (χ1v) is 13.9. The first-order chi connectivity index (χ1) is 16.1. The molecule has 1 amide bonds. The van der Waals surface area contributed by atoms with E-state index in [0.29, 0.717) is 29.3 Å². The van der Waals surface area contributed by atoms with Gasteiger partial charge in [0.05, 0.1) is 4.47 Å². The smallest absolute Gasteiger partial charge is 0.305 e. The predicted molar refractivity (Wildman–Crippen MR) is 137 cm³/mol. The molecule has 0 fully saturated rings. The van der Waals surface area contributed by atoms with Crippen molar-refractivity contribution in [2.75, 3.05) is 30.0 Å². The van der Waals surface area contributed by atoms with Crippen molar-refractivity contribution in [2.24, 2.45) is 3.77 Å². The van der Waals surface area contributed by atoms with Crippen molar-refractivity contribution in [1.29, 1.82) is 0 Å². The number of carbonyl (C=O) groups is 1. The lowest BCUT2D eigenvalue weighted by atomic mass is 10.3. The second-order valence-corrected chi connectivity index (χ2v) is 11.4. The molecule has 2 heterocycles. The van der Waals surface area contributed by atoms with Crippen molar-refractivity contribution < 1.29 is 13.2 Å². The molecule has 1 atom stereocenters. The van der Waals surface area contributed by atoms with E-state index < -0.39 is 20.7 Å². The van der Waals surface area contributed by atoms with Crippen LogP contribution in [0.3, 0.4) is 0 Å². The summed E-state index contributed by atoms with van der Waals surface area (Å²) >= 11 is 3.40. The van der Waals surface area contributed by atoms with Crippen molar-refractivity contribution in [3.05, 3.63) is 58.8 Å². The predicted octanol–water partition coefficient (Wildman–Crippen LogP) is 3.41. The van der Waals surface area contributed by atoms with E-state index in [1.807, 2.05) is 6.92 Å². The maximum atomic E-state index is 12.5. The van der Waals surface area contributed by atoms with Gasteiger partial charge in [-0.2, -0.15) is 13.4 Å². The van der Waals surface area contributed by atoms with Crippen LogP contribution < -0.4 is 16.0 Å². The van der Waals surface area contributed by atoms with Crippen molar-refractivity contribution in [2.45, 2.75) is 23.8 Å². The van der Waals surface area contributed by atoms with Gasteiger partial charge in [0.25, 0.3) is 0 Å². The van der Waals surface area contributed by atoms with Crippen LogP contribution in [0, 0.1) is 6.92 Å². The molecule has 1 aromatic carbocycles. The summed E-state index contributed by atoms with van der Waals surface area (Å²) < 4.78 is 29.8. The highest BCUT2D eigenvalue weighted by Gasteiger charge is 2.15. The first kappa shape index (κ1) is 25.7. The molecule has 0 saturated carbocycles. The molecule has 0 aliphatic heterocycles. The zero-order chi connectivity index (χ0) is 24.7. The van der Waals surface area contributed by atoms with Crippen LogP contribution in [0.4, 0.5) is 17.5 Å². The number of halogens is 1. The summed E-state index contributed by atoms with van der Waals surface area (Å²) in [5.41, 5.74) is 1.61. The van der Waals surface area contributed by atoms with Crippen LogP contribution in [0.1, 0.15) is 12.5 Å². The number of sulfonamides is 1. The Morgan fingerprint density at radius 2 is 1.82 bits per heavy atom. The minimum Gasteiger partial charge on any atom is -0.367 e. The highest BCUT2D eigenvalue weighted by Crippen LogP contribution is 2.23. The summed E-state index contributed by atoms with van der Waals surface area (Å²) in [7, 11) is -4.74. The largest absolute Gasteiger partial charge is 0.367 e. The van der Waals surface area contributed by atoms with Crippen molar-refractivity contribution in [3.63, 3.8) is 0 Å². The fourth-order valence-corrected chi connectivity index (χ4v) is 5.78. The molecule has 34 heavy (non-hydrogen) atoms. The zero-order valence-electron chi connectivity index (χ0n) is 18.7. The molecule has 1 unspecified atom stereocenters. The number of carbonyl (C=O) groups excluding carboxylic acids is 1. The summed E-state index contributed by atoms with van der Waals surface area (Å²) in [5, 5.41) is 8.89. The van der Waals surface area contributed by atoms with Crippen LogP contribution in [-0.4, -0.2) is 48.6 Å². The van der Waals surface area contributed by atoms with Crippen molar-refractivity contribution in [3.8, 4) is 0 Å². The zero-order valence-corrected chi connectivity index (χ0v) is 22.0.